The molecule has 0 aromatic heterocycles. The van der Waals surface area contributed by atoms with Gasteiger partial charge in [-0.05, 0) is 19.1 Å². The normalized spacial score (nSPS) is 11.7. The number of hydrogen-bond acceptors (Lipinski definition) is 4. The lowest BCUT2D eigenvalue weighted by Crippen LogP contribution is -2.40. The van der Waals surface area contributed by atoms with Crippen molar-refractivity contribution in [3.05, 3.63) is 30.3 Å². The monoisotopic (exact) mass is 281 g/mol. The van der Waals surface area contributed by atoms with Gasteiger partial charge in [0.15, 0.2) is 0 Å². The zero-order valence-corrected chi connectivity index (χ0v) is 11.8. The van der Waals surface area contributed by atoms with Gasteiger partial charge in [-0.1, -0.05) is 18.2 Å². The lowest BCUT2D eigenvalue weighted by atomic mass is 10.3. The Kier molecular flexibility index (Phi) is 8.17. The number of ether oxygens (including phenoxy) is 1. The van der Waals surface area contributed by atoms with E-state index in [2.05, 4.69) is 16.0 Å². The average molecular weight is 281 g/mol. The number of hydrogen-bond donors (Lipinski definition) is 4. The number of amides is 2. The van der Waals surface area contributed by atoms with Crippen LogP contribution in [0.25, 0.3) is 0 Å². The maximum Gasteiger partial charge on any atom is 0.314 e. The van der Waals surface area contributed by atoms with Gasteiger partial charge in [0.05, 0.1) is 0 Å². The summed E-state index contributed by atoms with van der Waals surface area (Å²) in [5.41, 5.74) is 0. The SMILES string of the molecule is CCNC(=O)NCCNC[C@@H](O)COc1ccccc1. The predicted octanol–water partition coefficient (Wildman–Crippen LogP) is 0.335. The number of nitrogens with one attached hydrogen (secondary N) is 3. The van der Waals surface area contributed by atoms with Gasteiger partial charge in [-0.2, -0.15) is 0 Å². The highest BCUT2D eigenvalue weighted by Gasteiger charge is 2.04. The van der Waals surface area contributed by atoms with Gasteiger partial charge < -0.3 is 25.8 Å². The van der Waals surface area contributed by atoms with Crippen LogP contribution in [0.4, 0.5) is 4.79 Å². The largest absolute Gasteiger partial charge is 0.491 e. The second-order valence-electron chi connectivity index (χ2n) is 4.27. The molecule has 6 nitrogen and oxygen atoms in total. The molecule has 0 fully saturated rings. The highest BCUT2D eigenvalue weighted by Crippen LogP contribution is 2.08. The first-order valence-corrected chi connectivity index (χ1v) is 6.80. The number of rotatable bonds is 9. The predicted molar refractivity (Wildman–Crippen MR) is 77.9 cm³/mol. The van der Waals surface area contributed by atoms with E-state index < -0.39 is 6.10 Å². The van der Waals surface area contributed by atoms with E-state index in [0.717, 1.165) is 5.75 Å². The smallest absolute Gasteiger partial charge is 0.314 e. The Morgan fingerprint density at radius 3 is 2.70 bits per heavy atom. The van der Waals surface area contributed by atoms with Crippen LogP contribution in [0.3, 0.4) is 0 Å². The Morgan fingerprint density at radius 2 is 2.00 bits per heavy atom. The maximum absolute atomic E-state index is 11.1. The molecule has 0 bridgehead atoms. The van der Waals surface area contributed by atoms with Gasteiger partial charge in [-0.25, -0.2) is 4.79 Å². The Balaban J connectivity index is 2.00. The molecule has 2 amide bonds. The van der Waals surface area contributed by atoms with Gasteiger partial charge in [0, 0.05) is 26.2 Å². The van der Waals surface area contributed by atoms with E-state index in [4.69, 9.17) is 4.74 Å². The first kappa shape index (κ1) is 16.3. The van der Waals surface area contributed by atoms with Crippen molar-refractivity contribution in [2.45, 2.75) is 13.0 Å². The second kappa shape index (κ2) is 10.1. The van der Waals surface area contributed by atoms with Crippen molar-refractivity contribution >= 4 is 6.03 Å². The second-order valence-corrected chi connectivity index (χ2v) is 4.27. The highest BCUT2D eigenvalue weighted by atomic mass is 16.5. The zero-order chi connectivity index (χ0) is 14.6. The van der Waals surface area contributed by atoms with E-state index in [9.17, 15) is 9.90 Å². The molecule has 0 heterocycles. The molecule has 0 unspecified atom stereocenters. The summed E-state index contributed by atoms with van der Waals surface area (Å²) in [7, 11) is 0. The van der Waals surface area contributed by atoms with E-state index >= 15 is 0 Å². The highest BCUT2D eigenvalue weighted by molar-refractivity contribution is 5.73. The van der Waals surface area contributed by atoms with Gasteiger partial charge in [-0.15, -0.1) is 0 Å². The molecule has 0 aliphatic heterocycles. The van der Waals surface area contributed by atoms with Crippen molar-refractivity contribution in [3.63, 3.8) is 0 Å². The quantitative estimate of drug-likeness (QED) is 0.492. The molecule has 1 atom stereocenters. The van der Waals surface area contributed by atoms with Crippen LogP contribution in [0.15, 0.2) is 30.3 Å². The molecule has 6 heteroatoms. The number of benzene rings is 1. The van der Waals surface area contributed by atoms with E-state index in [1.807, 2.05) is 37.3 Å². The summed E-state index contributed by atoms with van der Waals surface area (Å²) in [6, 6.07) is 9.18. The van der Waals surface area contributed by atoms with Crippen LogP contribution >= 0.6 is 0 Å². The Morgan fingerprint density at radius 1 is 1.25 bits per heavy atom. The van der Waals surface area contributed by atoms with Gasteiger partial charge in [0.1, 0.15) is 18.5 Å². The van der Waals surface area contributed by atoms with Crippen LogP contribution in [0.1, 0.15) is 6.92 Å². The maximum atomic E-state index is 11.1. The summed E-state index contributed by atoms with van der Waals surface area (Å²) < 4.78 is 5.43. The molecule has 20 heavy (non-hydrogen) atoms. The lowest BCUT2D eigenvalue weighted by molar-refractivity contribution is 0.106. The van der Waals surface area contributed by atoms with Crippen molar-refractivity contribution in [1.82, 2.24) is 16.0 Å². The molecular formula is C14H23N3O3. The number of para-hydroxylation sites is 1. The van der Waals surface area contributed by atoms with Crippen LogP contribution < -0.4 is 20.7 Å². The minimum atomic E-state index is -0.584. The Bertz CT molecular complexity index is 373. The van der Waals surface area contributed by atoms with Crippen LogP contribution in [0.5, 0.6) is 5.75 Å². The summed E-state index contributed by atoms with van der Waals surface area (Å²) in [6.07, 6.45) is -0.584. The van der Waals surface area contributed by atoms with Crippen molar-refractivity contribution < 1.29 is 14.6 Å². The third-order valence-corrected chi connectivity index (χ3v) is 2.49. The molecular weight excluding hydrogens is 258 g/mol. The fourth-order valence-corrected chi connectivity index (χ4v) is 1.52. The Hall–Kier alpha value is -1.79. The van der Waals surface area contributed by atoms with Crippen LogP contribution in [-0.2, 0) is 0 Å². The molecule has 4 N–H and O–H groups in total. The lowest BCUT2D eigenvalue weighted by Gasteiger charge is -2.13. The summed E-state index contributed by atoms with van der Waals surface area (Å²) in [5, 5.41) is 18.1. The number of aliphatic hydroxyl groups is 1. The first-order chi connectivity index (χ1) is 9.72. The van der Waals surface area contributed by atoms with Crippen molar-refractivity contribution in [2.24, 2.45) is 0 Å². The molecule has 0 aliphatic carbocycles. The Labute approximate surface area is 119 Å². The number of carbonyl (C=O) groups is 1. The molecule has 0 saturated carbocycles. The van der Waals surface area contributed by atoms with Crippen LogP contribution in [0.2, 0.25) is 0 Å². The van der Waals surface area contributed by atoms with Gasteiger partial charge in [0.25, 0.3) is 0 Å². The van der Waals surface area contributed by atoms with Gasteiger partial charge in [-0.3, -0.25) is 0 Å². The standard InChI is InChI=1S/C14H23N3O3/c1-2-16-14(19)17-9-8-15-10-12(18)11-20-13-6-4-3-5-7-13/h3-7,12,15,18H,2,8-11H2,1H3,(H2,16,17,19)/t12-/m1/s1. The topological polar surface area (TPSA) is 82.6 Å². The molecule has 0 aliphatic rings. The molecule has 1 aromatic carbocycles. The molecule has 1 rings (SSSR count). The molecule has 0 spiro atoms. The van der Waals surface area contributed by atoms with Crippen LogP contribution in [-0.4, -0.2) is 50.0 Å². The van der Waals surface area contributed by atoms with E-state index in [1.54, 1.807) is 0 Å². The summed E-state index contributed by atoms with van der Waals surface area (Å²) in [6.45, 7) is 4.23. The molecule has 1 aromatic rings. The van der Waals surface area contributed by atoms with Crippen molar-refractivity contribution in [1.29, 1.82) is 0 Å². The third-order valence-electron chi connectivity index (χ3n) is 2.49. The zero-order valence-electron chi connectivity index (χ0n) is 11.8. The summed E-state index contributed by atoms with van der Waals surface area (Å²) in [4.78, 5) is 11.1. The minimum absolute atomic E-state index is 0.178. The van der Waals surface area contributed by atoms with Gasteiger partial charge >= 0.3 is 6.03 Å². The summed E-state index contributed by atoms with van der Waals surface area (Å²) in [5.74, 6) is 0.740. The van der Waals surface area contributed by atoms with E-state index in [0.29, 0.717) is 26.2 Å². The number of aliphatic hydroxyl groups excluding tert-OH is 1. The number of carbonyl (C=O) groups excluding carboxylic acids is 1. The number of urea groups is 1. The fraction of sp³-hybridized carbons (Fsp3) is 0.500. The van der Waals surface area contributed by atoms with Gasteiger partial charge in [0.2, 0.25) is 0 Å². The van der Waals surface area contributed by atoms with Crippen molar-refractivity contribution in [3.8, 4) is 5.75 Å². The average Bonchev–Trinajstić information content (AvgIpc) is 2.46. The minimum Gasteiger partial charge on any atom is -0.491 e. The van der Waals surface area contributed by atoms with Crippen LogP contribution in [0, 0.1) is 0 Å². The van der Waals surface area contributed by atoms with E-state index in [-0.39, 0.29) is 12.6 Å². The first-order valence-electron chi connectivity index (χ1n) is 6.80. The summed E-state index contributed by atoms with van der Waals surface area (Å²) >= 11 is 0. The molecule has 0 radical (unpaired) electrons. The third kappa shape index (κ3) is 7.60. The molecule has 112 valence electrons. The molecule has 0 saturated heterocycles. The van der Waals surface area contributed by atoms with Crippen molar-refractivity contribution in [2.75, 3.05) is 32.8 Å². The van der Waals surface area contributed by atoms with E-state index in [1.165, 1.54) is 0 Å². The fourth-order valence-electron chi connectivity index (χ4n) is 1.52.